The average molecular weight is 344 g/mol. The van der Waals surface area contributed by atoms with Crippen molar-refractivity contribution < 1.29 is 0 Å². The molecule has 2 saturated heterocycles. The largest absolute Gasteiger partial charge is 0.316 e. The van der Waals surface area contributed by atoms with Crippen LogP contribution >= 0.6 is 0 Å². The van der Waals surface area contributed by atoms with Gasteiger partial charge in [-0.3, -0.25) is 4.90 Å². The van der Waals surface area contributed by atoms with E-state index in [1.807, 2.05) is 27.7 Å². The Kier molecular flexibility index (Phi) is 15.3. The molecule has 2 rings (SSSR count). The van der Waals surface area contributed by atoms with E-state index in [0.717, 1.165) is 19.0 Å². The van der Waals surface area contributed by atoms with Gasteiger partial charge in [-0.25, -0.2) is 0 Å². The van der Waals surface area contributed by atoms with Crippen LogP contribution in [-0.4, -0.2) is 49.7 Å². The number of piperazine rings is 1. The van der Waals surface area contributed by atoms with E-state index in [1.165, 1.54) is 39.0 Å². The molecule has 0 bridgehead atoms. The lowest BCUT2D eigenvalue weighted by molar-refractivity contribution is 0.119. The van der Waals surface area contributed by atoms with Crippen molar-refractivity contribution >= 4 is 0 Å². The van der Waals surface area contributed by atoms with Crippen molar-refractivity contribution in [1.29, 1.82) is 0 Å². The first-order valence-electron chi connectivity index (χ1n) is 10.4. The van der Waals surface area contributed by atoms with E-state index in [9.17, 15) is 0 Å². The monoisotopic (exact) mass is 343 g/mol. The van der Waals surface area contributed by atoms with Crippen LogP contribution in [0.5, 0.6) is 0 Å². The Morgan fingerprint density at radius 1 is 0.750 bits per heavy atom. The van der Waals surface area contributed by atoms with Crippen LogP contribution in [0, 0.1) is 11.3 Å². The minimum absolute atomic E-state index is 0.363. The molecule has 0 spiro atoms. The summed E-state index contributed by atoms with van der Waals surface area (Å²) >= 11 is 0. The second kappa shape index (κ2) is 14.1. The van der Waals surface area contributed by atoms with E-state index in [4.69, 9.17) is 0 Å². The van der Waals surface area contributed by atoms with Crippen molar-refractivity contribution in [3.63, 3.8) is 0 Å². The Labute approximate surface area is 154 Å². The average Bonchev–Trinajstić information content (AvgIpc) is 2.59. The summed E-state index contributed by atoms with van der Waals surface area (Å²) in [7, 11) is 0. The van der Waals surface area contributed by atoms with E-state index in [1.54, 1.807) is 0 Å². The Balaban J connectivity index is 0. The minimum atomic E-state index is 0.363. The first kappa shape index (κ1) is 26.1. The van der Waals surface area contributed by atoms with Crippen LogP contribution in [0.25, 0.3) is 0 Å². The van der Waals surface area contributed by atoms with Gasteiger partial charge in [0.15, 0.2) is 0 Å². The van der Waals surface area contributed by atoms with Crippen LogP contribution in [0.1, 0.15) is 82.1 Å². The summed E-state index contributed by atoms with van der Waals surface area (Å²) in [5.74, 6) is 0.890. The molecule has 148 valence electrons. The van der Waals surface area contributed by atoms with Crippen molar-refractivity contribution in [2.75, 3.05) is 39.3 Å². The maximum absolute atomic E-state index is 3.44. The normalized spacial score (nSPS) is 22.0. The number of nitrogens with zero attached hydrogens (tertiary/aromatic N) is 1. The minimum Gasteiger partial charge on any atom is -0.316 e. The van der Waals surface area contributed by atoms with Gasteiger partial charge < -0.3 is 10.6 Å². The number of nitrogens with one attached hydrogen (secondary N) is 2. The van der Waals surface area contributed by atoms with E-state index >= 15 is 0 Å². The van der Waals surface area contributed by atoms with Gasteiger partial charge in [-0.15, -0.1) is 0 Å². The van der Waals surface area contributed by atoms with Gasteiger partial charge in [0.2, 0.25) is 0 Å². The number of hydrogen-bond acceptors (Lipinski definition) is 3. The summed E-state index contributed by atoms with van der Waals surface area (Å²) in [6.07, 6.45) is 2.78. The molecule has 0 aromatic rings. The molecule has 2 fully saturated rings. The fourth-order valence-electron chi connectivity index (χ4n) is 2.93. The maximum atomic E-state index is 3.44. The predicted octanol–water partition coefficient (Wildman–Crippen LogP) is 4.77. The molecule has 0 aliphatic carbocycles. The summed E-state index contributed by atoms with van der Waals surface area (Å²) in [6, 6.07) is 0. The summed E-state index contributed by atoms with van der Waals surface area (Å²) in [4.78, 5) is 2.52. The van der Waals surface area contributed by atoms with Gasteiger partial charge in [0.25, 0.3) is 0 Å². The predicted molar refractivity (Wildman–Crippen MR) is 112 cm³/mol. The van der Waals surface area contributed by atoms with E-state index in [0.29, 0.717) is 11.0 Å². The smallest absolute Gasteiger partial charge is 0.0126 e. The van der Waals surface area contributed by atoms with Gasteiger partial charge in [-0.05, 0) is 58.0 Å². The Hall–Kier alpha value is -0.120. The second-order valence-electron chi connectivity index (χ2n) is 8.32. The SMILES string of the molecule is CC.CC.CC(C)(C)C1CCCNC1.CC(C)(C)N1CCNCC1. The fourth-order valence-corrected chi connectivity index (χ4v) is 2.93. The molecule has 2 aliphatic heterocycles. The first-order chi connectivity index (χ1) is 11.2. The third-order valence-electron chi connectivity index (χ3n) is 4.59. The zero-order valence-corrected chi connectivity index (χ0v) is 18.7. The van der Waals surface area contributed by atoms with Crippen LogP contribution in [-0.2, 0) is 0 Å². The molecule has 0 aromatic heterocycles. The Morgan fingerprint density at radius 3 is 1.50 bits per heavy atom. The number of hydrogen-bond donors (Lipinski definition) is 2. The highest BCUT2D eigenvalue weighted by atomic mass is 15.2. The summed E-state index contributed by atoms with van der Waals surface area (Å²) in [6.45, 7) is 29.0. The molecule has 0 amide bonds. The van der Waals surface area contributed by atoms with Crippen LogP contribution in [0.15, 0.2) is 0 Å². The Morgan fingerprint density at radius 2 is 1.25 bits per heavy atom. The molecular formula is C21H49N3. The molecular weight excluding hydrogens is 294 g/mol. The number of piperidine rings is 1. The van der Waals surface area contributed by atoms with Crippen LogP contribution < -0.4 is 10.6 Å². The molecule has 1 unspecified atom stereocenters. The summed E-state index contributed by atoms with van der Waals surface area (Å²) in [5.41, 5.74) is 0.871. The zero-order valence-electron chi connectivity index (χ0n) is 18.7. The molecule has 3 nitrogen and oxygen atoms in total. The molecule has 1 atom stereocenters. The molecule has 0 radical (unpaired) electrons. The van der Waals surface area contributed by atoms with Crippen molar-refractivity contribution in [3.8, 4) is 0 Å². The standard InChI is InChI=1S/C9H19N.C8H18N2.2C2H6/c1-9(2,3)8-5-4-6-10-7-8;1-8(2,3)10-6-4-9-5-7-10;2*1-2/h8,10H,4-7H2,1-3H3;9H,4-7H2,1-3H3;2*1-2H3. The highest BCUT2D eigenvalue weighted by Gasteiger charge is 2.25. The molecule has 2 aliphatic rings. The van der Waals surface area contributed by atoms with Gasteiger partial charge in [0.1, 0.15) is 0 Å². The van der Waals surface area contributed by atoms with E-state index in [-0.39, 0.29) is 0 Å². The fraction of sp³-hybridized carbons (Fsp3) is 1.00. The molecule has 0 saturated carbocycles. The van der Waals surface area contributed by atoms with Crippen molar-refractivity contribution in [3.05, 3.63) is 0 Å². The van der Waals surface area contributed by atoms with E-state index in [2.05, 4.69) is 57.1 Å². The summed E-state index contributed by atoms with van der Waals surface area (Å²) < 4.78 is 0. The van der Waals surface area contributed by atoms with Crippen molar-refractivity contribution in [1.82, 2.24) is 15.5 Å². The lowest BCUT2D eigenvalue weighted by Gasteiger charge is -2.38. The van der Waals surface area contributed by atoms with Gasteiger partial charge in [-0.2, -0.15) is 0 Å². The van der Waals surface area contributed by atoms with Crippen LogP contribution in [0.3, 0.4) is 0 Å². The van der Waals surface area contributed by atoms with Crippen molar-refractivity contribution in [2.45, 2.75) is 87.6 Å². The second-order valence-corrected chi connectivity index (χ2v) is 8.32. The van der Waals surface area contributed by atoms with Crippen molar-refractivity contribution in [2.24, 2.45) is 11.3 Å². The van der Waals surface area contributed by atoms with Crippen LogP contribution in [0.4, 0.5) is 0 Å². The number of rotatable bonds is 0. The zero-order chi connectivity index (χ0) is 19.2. The summed E-state index contributed by atoms with van der Waals surface area (Å²) in [5, 5.41) is 6.79. The highest BCUT2D eigenvalue weighted by Crippen LogP contribution is 2.30. The molecule has 24 heavy (non-hydrogen) atoms. The lowest BCUT2D eigenvalue weighted by atomic mass is 9.77. The Bertz CT molecular complexity index is 223. The third-order valence-corrected chi connectivity index (χ3v) is 4.59. The van der Waals surface area contributed by atoms with Gasteiger partial charge >= 0.3 is 0 Å². The molecule has 3 heteroatoms. The molecule has 2 heterocycles. The molecule has 0 aromatic carbocycles. The van der Waals surface area contributed by atoms with Gasteiger partial charge in [0.05, 0.1) is 0 Å². The highest BCUT2D eigenvalue weighted by molar-refractivity contribution is 4.80. The topological polar surface area (TPSA) is 27.3 Å². The quantitative estimate of drug-likeness (QED) is 0.663. The maximum Gasteiger partial charge on any atom is 0.0126 e. The lowest BCUT2D eigenvalue weighted by Crippen LogP contribution is -2.51. The first-order valence-corrected chi connectivity index (χ1v) is 10.4. The van der Waals surface area contributed by atoms with Crippen LogP contribution in [0.2, 0.25) is 0 Å². The van der Waals surface area contributed by atoms with Gasteiger partial charge in [-0.1, -0.05) is 48.5 Å². The van der Waals surface area contributed by atoms with Gasteiger partial charge in [0, 0.05) is 31.7 Å². The molecule has 2 N–H and O–H groups in total. The third kappa shape index (κ3) is 12.3. The van der Waals surface area contributed by atoms with E-state index < -0.39 is 0 Å².